The molecule has 3 aliphatic heterocycles. The Morgan fingerprint density at radius 2 is 1.51 bits per heavy atom. The van der Waals surface area contributed by atoms with E-state index >= 15 is 0 Å². The van der Waals surface area contributed by atoms with Gasteiger partial charge in [-0.3, -0.25) is 19.2 Å². The highest BCUT2D eigenvalue weighted by Crippen LogP contribution is 2.39. The predicted molar refractivity (Wildman–Crippen MR) is 187 cm³/mol. The van der Waals surface area contributed by atoms with Crippen LogP contribution in [0.2, 0.25) is 0 Å². The summed E-state index contributed by atoms with van der Waals surface area (Å²) in [5, 5.41) is 9.45. The Morgan fingerprint density at radius 1 is 0.857 bits per heavy atom. The third kappa shape index (κ3) is 16.4. The van der Waals surface area contributed by atoms with Gasteiger partial charge in [-0.2, -0.15) is 11.8 Å². The second-order valence-corrected chi connectivity index (χ2v) is 13.9. The van der Waals surface area contributed by atoms with Gasteiger partial charge in [0.2, 0.25) is 23.6 Å². The van der Waals surface area contributed by atoms with Crippen LogP contribution in [-0.4, -0.2) is 138 Å². The smallest absolute Gasteiger partial charge is 0.222 e. The fraction of sp³-hybridized carbons (Fsp3) is 0.829. The molecule has 49 heavy (non-hydrogen) atoms. The van der Waals surface area contributed by atoms with Crippen LogP contribution in [0.25, 0.3) is 0 Å². The van der Waals surface area contributed by atoms with E-state index in [1.165, 1.54) is 0 Å². The number of hydrogen-bond donors (Lipinski definition) is 3. The average molecular weight is 711 g/mol. The molecule has 0 aromatic rings. The van der Waals surface area contributed by atoms with Gasteiger partial charge in [0, 0.05) is 90.5 Å². The predicted octanol–water partition coefficient (Wildman–Crippen LogP) is 1.67. The third-order valence-electron chi connectivity index (χ3n) is 8.86. The second kappa shape index (κ2) is 24.7. The first-order chi connectivity index (χ1) is 23.9. The van der Waals surface area contributed by atoms with Gasteiger partial charge in [0.25, 0.3) is 0 Å². The molecule has 5 atom stereocenters. The summed E-state index contributed by atoms with van der Waals surface area (Å²) >= 11 is 1.96. The van der Waals surface area contributed by atoms with Crippen molar-refractivity contribution in [3.05, 3.63) is 0 Å². The summed E-state index contributed by atoms with van der Waals surface area (Å²) < 4.78 is 27.5. The van der Waals surface area contributed by atoms with E-state index < -0.39 is 0 Å². The monoisotopic (exact) mass is 710 g/mol. The molecule has 3 aliphatic rings. The highest BCUT2D eigenvalue weighted by Gasteiger charge is 2.42. The Bertz CT molecular complexity index is 1070. The van der Waals surface area contributed by atoms with Gasteiger partial charge >= 0.3 is 0 Å². The zero-order valence-electron chi connectivity index (χ0n) is 29.5. The normalized spacial score (nSPS) is 23.2. The fourth-order valence-electron chi connectivity index (χ4n) is 6.11. The standard InChI is InChI=1S/C35H58N4O9S/c1-44-28-10-5-6-17-39(25-29(28)45-2)34(43)14-7-13-32(41)37-16-9-19-47-21-23-48-22-20-46-18-8-15-36-31(40)12-4-3-11-30-35-27(26-49-30)24-33(42)38-35/h27-30,35H,3-4,6-9,11-26H2,1-2H3,(H,36,40)(H,37,41)(H,38,42)/t27-,28-,29-,30-,35-/m0/s1. The van der Waals surface area contributed by atoms with Crippen molar-refractivity contribution >= 4 is 35.4 Å². The minimum Gasteiger partial charge on any atom is -0.379 e. The summed E-state index contributed by atoms with van der Waals surface area (Å²) in [5.41, 5.74) is 0. The van der Waals surface area contributed by atoms with E-state index in [0.717, 1.165) is 31.4 Å². The van der Waals surface area contributed by atoms with Gasteiger partial charge in [-0.1, -0.05) is 18.3 Å². The molecule has 4 amide bonds. The molecule has 278 valence electrons. The van der Waals surface area contributed by atoms with Crippen molar-refractivity contribution in [3.63, 3.8) is 0 Å². The van der Waals surface area contributed by atoms with Crippen LogP contribution in [0.3, 0.4) is 0 Å². The van der Waals surface area contributed by atoms with Crippen LogP contribution in [0.15, 0.2) is 0 Å². The van der Waals surface area contributed by atoms with Gasteiger partial charge in [0.1, 0.15) is 12.2 Å². The summed E-state index contributed by atoms with van der Waals surface area (Å²) in [6.45, 7) is 5.07. The van der Waals surface area contributed by atoms with Crippen molar-refractivity contribution in [1.29, 1.82) is 0 Å². The summed E-state index contributed by atoms with van der Waals surface area (Å²) in [6, 6.07) is 0.332. The molecule has 0 spiro atoms. The number of thioether (sulfide) groups is 1. The minimum absolute atomic E-state index is 0.00580. The first-order valence-corrected chi connectivity index (χ1v) is 19.0. The zero-order chi connectivity index (χ0) is 35.1. The molecule has 0 aliphatic carbocycles. The van der Waals surface area contributed by atoms with Gasteiger partial charge in [-0.05, 0) is 43.8 Å². The van der Waals surface area contributed by atoms with Crippen LogP contribution in [-0.2, 0) is 42.9 Å². The Hall–Kier alpha value is -2.41. The quantitative estimate of drug-likeness (QED) is 0.0943. The van der Waals surface area contributed by atoms with Gasteiger partial charge < -0.3 is 44.5 Å². The summed E-state index contributed by atoms with van der Waals surface area (Å²) in [5.74, 6) is 7.83. The summed E-state index contributed by atoms with van der Waals surface area (Å²) in [4.78, 5) is 50.3. The van der Waals surface area contributed by atoms with E-state index in [1.807, 2.05) is 11.8 Å². The fourth-order valence-corrected chi connectivity index (χ4v) is 7.76. The lowest BCUT2D eigenvalue weighted by molar-refractivity contribution is -0.134. The maximum atomic E-state index is 12.7. The van der Waals surface area contributed by atoms with E-state index in [0.29, 0.717) is 128 Å². The van der Waals surface area contributed by atoms with Crippen molar-refractivity contribution in [2.24, 2.45) is 5.92 Å². The largest absolute Gasteiger partial charge is 0.379 e. The highest BCUT2D eigenvalue weighted by molar-refractivity contribution is 8.00. The molecule has 0 bridgehead atoms. The number of nitrogens with one attached hydrogen (secondary N) is 3. The number of rotatable bonds is 25. The highest BCUT2D eigenvalue weighted by atomic mass is 32.2. The maximum absolute atomic E-state index is 12.7. The minimum atomic E-state index is -0.367. The van der Waals surface area contributed by atoms with E-state index in [-0.39, 0.29) is 35.8 Å². The lowest BCUT2D eigenvalue weighted by atomic mass is 9.97. The third-order valence-corrected chi connectivity index (χ3v) is 10.4. The number of nitrogens with zero attached hydrogens (tertiary/aromatic N) is 1. The molecule has 3 heterocycles. The number of unbranched alkanes of at least 4 members (excludes halogenated alkanes) is 1. The number of hydrogen-bond acceptors (Lipinski definition) is 10. The first kappa shape index (κ1) is 41.0. The Balaban J connectivity index is 1.03. The number of carbonyl (C=O) groups is 4. The van der Waals surface area contributed by atoms with Crippen LogP contribution in [0, 0.1) is 17.8 Å². The maximum Gasteiger partial charge on any atom is 0.222 e. The zero-order valence-corrected chi connectivity index (χ0v) is 30.3. The molecule has 0 saturated carbocycles. The van der Waals surface area contributed by atoms with Crippen LogP contribution in [0.1, 0.15) is 70.6 Å². The number of carbonyl (C=O) groups excluding carboxylic acids is 4. The Kier molecular flexibility index (Phi) is 20.7. The molecule has 2 saturated heterocycles. The summed E-state index contributed by atoms with van der Waals surface area (Å²) in [6.07, 6.45) is 6.58. The van der Waals surface area contributed by atoms with Gasteiger partial charge in [-0.25, -0.2) is 0 Å². The van der Waals surface area contributed by atoms with Crippen molar-refractivity contribution in [2.45, 2.75) is 94.1 Å². The van der Waals surface area contributed by atoms with Gasteiger partial charge in [-0.15, -0.1) is 0 Å². The van der Waals surface area contributed by atoms with Gasteiger partial charge in [0.05, 0.1) is 33.0 Å². The summed E-state index contributed by atoms with van der Waals surface area (Å²) in [7, 11) is 3.17. The lowest BCUT2D eigenvalue weighted by Crippen LogP contribution is -2.44. The van der Waals surface area contributed by atoms with Crippen LogP contribution in [0.5, 0.6) is 0 Å². The van der Waals surface area contributed by atoms with Crippen LogP contribution >= 0.6 is 11.8 Å². The number of ether oxygens (including phenoxy) is 5. The molecule has 0 radical (unpaired) electrons. The molecule has 0 aromatic carbocycles. The molecule has 14 heteroatoms. The van der Waals surface area contributed by atoms with Crippen molar-refractivity contribution in [3.8, 4) is 11.8 Å². The molecule has 3 N–H and O–H groups in total. The molecule has 13 nitrogen and oxygen atoms in total. The topological polar surface area (TPSA) is 154 Å². The van der Waals surface area contributed by atoms with Crippen LogP contribution in [0.4, 0.5) is 0 Å². The van der Waals surface area contributed by atoms with Gasteiger partial charge in [0.15, 0.2) is 0 Å². The van der Waals surface area contributed by atoms with E-state index in [9.17, 15) is 19.2 Å². The average Bonchev–Trinajstić information content (AvgIpc) is 3.64. The molecule has 2 fully saturated rings. The Labute approximate surface area is 296 Å². The van der Waals surface area contributed by atoms with E-state index in [2.05, 4.69) is 27.8 Å². The Morgan fingerprint density at radius 3 is 2.16 bits per heavy atom. The molecule has 0 unspecified atom stereocenters. The molecular weight excluding hydrogens is 652 g/mol. The van der Waals surface area contributed by atoms with Crippen LogP contribution < -0.4 is 16.0 Å². The molecule has 3 rings (SSSR count). The van der Waals surface area contributed by atoms with E-state index in [1.54, 1.807) is 19.1 Å². The molecular formula is C35H58N4O9S. The van der Waals surface area contributed by atoms with E-state index in [4.69, 9.17) is 23.7 Å². The molecule has 0 aromatic heterocycles. The number of methoxy groups -OCH3 is 2. The number of amides is 4. The second-order valence-electron chi connectivity index (χ2n) is 12.6. The van der Waals surface area contributed by atoms with Crippen molar-refractivity contribution in [1.82, 2.24) is 20.9 Å². The lowest BCUT2D eigenvalue weighted by Gasteiger charge is -2.30. The SMILES string of the molecule is CO[C@H]1C#CCCN(C(=O)CCCC(=O)NCCCOCCOCCOCCCNC(=O)CCCC[C@@H]2SC[C@@H]3CC(=O)N[C@@H]32)C[C@@H]1OC. The number of fused-ring (bicyclic) bond motifs is 1. The van der Waals surface area contributed by atoms with Crippen molar-refractivity contribution < 1.29 is 42.9 Å². The first-order valence-electron chi connectivity index (χ1n) is 17.9. The van der Waals surface area contributed by atoms with Crippen molar-refractivity contribution in [2.75, 3.05) is 85.8 Å².